The molecule has 1 amide bonds. The van der Waals surface area contributed by atoms with Crippen molar-refractivity contribution in [2.45, 2.75) is 18.8 Å². The van der Waals surface area contributed by atoms with Crippen molar-refractivity contribution < 1.29 is 9.18 Å². The van der Waals surface area contributed by atoms with Crippen LogP contribution in [0.15, 0.2) is 42.6 Å². The van der Waals surface area contributed by atoms with Gasteiger partial charge in [-0.1, -0.05) is 6.07 Å². The largest absolute Gasteiger partial charge is 0.365 e. The van der Waals surface area contributed by atoms with Crippen LogP contribution in [-0.2, 0) is 0 Å². The van der Waals surface area contributed by atoms with Crippen molar-refractivity contribution >= 4 is 11.4 Å². The van der Waals surface area contributed by atoms with Gasteiger partial charge in [0.15, 0.2) is 0 Å². The summed E-state index contributed by atoms with van der Waals surface area (Å²) in [5.74, 6) is -0.367. The zero-order valence-corrected chi connectivity index (χ0v) is 11.8. The molecule has 2 aromatic heterocycles. The Balaban J connectivity index is 2.02. The minimum Gasteiger partial charge on any atom is -0.365 e. The topological polar surface area (TPSA) is 60.4 Å². The van der Waals surface area contributed by atoms with Gasteiger partial charge in [-0.3, -0.25) is 4.79 Å². The predicted molar refractivity (Wildman–Crippen MR) is 81.1 cm³/mol. The molecule has 1 saturated carbocycles. The van der Waals surface area contributed by atoms with Crippen molar-refractivity contribution in [1.82, 2.24) is 9.61 Å². The number of halogens is 1. The number of nitrogens with two attached hydrogens (primary N) is 1. The number of amides is 1. The van der Waals surface area contributed by atoms with E-state index < -0.39 is 5.91 Å². The molecule has 0 aliphatic heterocycles. The number of fused-ring (bicyclic) bond motifs is 1. The minimum absolute atomic E-state index is 0.327. The van der Waals surface area contributed by atoms with E-state index in [1.54, 1.807) is 22.8 Å². The molecule has 3 aromatic rings. The van der Waals surface area contributed by atoms with Gasteiger partial charge in [0.2, 0.25) is 0 Å². The van der Waals surface area contributed by atoms with Crippen LogP contribution in [0.3, 0.4) is 0 Å². The molecule has 1 aliphatic rings. The van der Waals surface area contributed by atoms with Gasteiger partial charge in [-0.25, -0.2) is 8.91 Å². The number of rotatable bonds is 3. The maximum absolute atomic E-state index is 13.1. The lowest BCUT2D eigenvalue weighted by Gasteiger charge is -2.03. The summed E-state index contributed by atoms with van der Waals surface area (Å²) in [5, 5.41) is 4.50. The van der Waals surface area contributed by atoms with Crippen LogP contribution >= 0.6 is 0 Å². The average Bonchev–Trinajstić information content (AvgIpc) is 3.26. The van der Waals surface area contributed by atoms with Crippen LogP contribution in [0.25, 0.3) is 16.8 Å². The lowest BCUT2D eigenvalue weighted by molar-refractivity contribution is 0.100. The Morgan fingerprint density at radius 1 is 1.23 bits per heavy atom. The van der Waals surface area contributed by atoms with Gasteiger partial charge in [-0.2, -0.15) is 5.10 Å². The molecule has 1 aliphatic carbocycles. The normalized spacial score (nSPS) is 14.4. The molecule has 0 bridgehead atoms. The van der Waals surface area contributed by atoms with E-state index in [0.29, 0.717) is 22.7 Å². The predicted octanol–water partition coefficient (Wildman–Crippen LogP) is 3.12. The Bertz CT molecular complexity index is 879. The van der Waals surface area contributed by atoms with E-state index in [1.807, 2.05) is 12.1 Å². The molecular formula is C17H14FN3O. The number of hydrogen-bond donors (Lipinski definition) is 1. The molecular weight excluding hydrogens is 281 g/mol. The minimum atomic E-state index is -0.512. The number of benzene rings is 1. The molecule has 2 N–H and O–H groups in total. The molecule has 0 radical (unpaired) electrons. The molecule has 0 atom stereocenters. The molecule has 1 fully saturated rings. The summed E-state index contributed by atoms with van der Waals surface area (Å²) in [6.07, 6.45) is 4.05. The van der Waals surface area contributed by atoms with Crippen molar-refractivity contribution in [2.24, 2.45) is 5.73 Å². The highest BCUT2D eigenvalue weighted by Crippen LogP contribution is 2.43. The van der Waals surface area contributed by atoms with E-state index in [0.717, 1.165) is 23.9 Å². The van der Waals surface area contributed by atoms with Crippen molar-refractivity contribution in [3.63, 3.8) is 0 Å². The standard InChI is InChI=1S/C17H14FN3O/c18-12-7-5-11(6-8-12)15-14(17(19)22)16-13(10-3-4-10)2-1-9-21(16)20-15/h1-2,5-10H,3-4H2,(H2,19,22). The summed E-state index contributed by atoms with van der Waals surface area (Å²) in [7, 11) is 0. The molecule has 2 heterocycles. The van der Waals surface area contributed by atoms with Crippen molar-refractivity contribution in [3.05, 3.63) is 59.5 Å². The third-order valence-corrected chi connectivity index (χ3v) is 4.07. The Hall–Kier alpha value is -2.69. The summed E-state index contributed by atoms with van der Waals surface area (Å²) in [6.45, 7) is 0. The van der Waals surface area contributed by atoms with Crippen LogP contribution in [-0.4, -0.2) is 15.5 Å². The number of carbonyl (C=O) groups is 1. The molecule has 1 aromatic carbocycles. The van der Waals surface area contributed by atoms with E-state index in [4.69, 9.17) is 5.73 Å². The summed E-state index contributed by atoms with van der Waals surface area (Å²) < 4.78 is 14.8. The molecule has 0 saturated heterocycles. The maximum Gasteiger partial charge on any atom is 0.253 e. The maximum atomic E-state index is 13.1. The van der Waals surface area contributed by atoms with Crippen molar-refractivity contribution in [3.8, 4) is 11.3 Å². The number of nitrogens with zero attached hydrogens (tertiary/aromatic N) is 2. The molecule has 0 unspecified atom stereocenters. The zero-order chi connectivity index (χ0) is 15.3. The number of pyridine rings is 1. The van der Waals surface area contributed by atoms with Gasteiger partial charge in [-0.15, -0.1) is 0 Å². The number of carbonyl (C=O) groups excluding carboxylic acids is 1. The fourth-order valence-corrected chi connectivity index (χ4v) is 2.89. The third-order valence-electron chi connectivity index (χ3n) is 4.07. The van der Waals surface area contributed by atoms with E-state index in [9.17, 15) is 9.18 Å². The van der Waals surface area contributed by atoms with E-state index >= 15 is 0 Å². The Labute approximate surface area is 126 Å². The number of aromatic nitrogens is 2. The Morgan fingerprint density at radius 3 is 2.59 bits per heavy atom. The third kappa shape index (κ3) is 1.97. The Kier molecular flexibility index (Phi) is 2.76. The second-order valence-electron chi connectivity index (χ2n) is 5.63. The summed E-state index contributed by atoms with van der Waals surface area (Å²) in [4.78, 5) is 12.0. The van der Waals surface area contributed by atoms with E-state index in [1.165, 1.54) is 12.1 Å². The smallest absolute Gasteiger partial charge is 0.253 e. The lowest BCUT2D eigenvalue weighted by atomic mass is 10.0. The van der Waals surface area contributed by atoms with Gasteiger partial charge in [0.1, 0.15) is 11.5 Å². The molecule has 5 heteroatoms. The Morgan fingerprint density at radius 2 is 1.95 bits per heavy atom. The number of primary amides is 1. The highest BCUT2D eigenvalue weighted by Gasteiger charge is 2.29. The fourth-order valence-electron chi connectivity index (χ4n) is 2.89. The van der Waals surface area contributed by atoms with Gasteiger partial charge in [0.05, 0.1) is 11.1 Å². The van der Waals surface area contributed by atoms with Crippen LogP contribution in [0, 0.1) is 5.82 Å². The first-order chi connectivity index (χ1) is 10.6. The first-order valence-electron chi connectivity index (χ1n) is 7.22. The summed E-state index contributed by atoms with van der Waals surface area (Å²) in [5.41, 5.74) is 9.09. The number of hydrogen-bond acceptors (Lipinski definition) is 2. The molecule has 4 rings (SSSR count). The highest BCUT2D eigenvalue weighted by molar-refractivity contribution is 6.06. The van der Waals surface area contributed by atoms with Gasteiger partial charge >= 0.3 is 0 Å². The summed E-state index contributed by atoms with van der Waals surface area (Å²) >= 11 is 0. The van der Waals surface area contributed by atoms with Gasteiger partial charge in [0.25, 0.3) is 5.91 Å². The molecule has 110 valence electrons. The van der Waals surface area contributed by atoms with Crippen molar-refractivity contribution in [1.29, 1.82) is 0 Å². The quantitative estimate of drug-likeness (QED) is 0.807. The lowest BCUT2D eigenvalue weighted by Crippen LogP contribution is -2.12. The van der Waals surface area contributed by atoms with Crippen LogP contribution < -0.4 is 5.73 Å². The van der Waals surface area contributed by atoms with Gasteiger partial charge in [-0.05, 0) is 54.7 Å². The van der Waals surface area contributed by atoms with E-state index in [2.05, 4.69) is 5.10 Å². The second-order valence-corrected chi connectivity index (χ2v) is 5.63. The highest BCUT2D eigenvalue weighted by atomic mass is 19.1. The average molecular weight is 295 g/mol. The monoisotopic (exact) mass is 295 g/mol. The van der Waals surface area contributed by atoms with Crippen molar-refractivity contribution in [2.75, 3.05) is 0 Å². The first kappa shape index (κ1) is 13.0. The van der Waals surface area contributed by atoms with Crippen LogP contribution in [0.5, 0.6) is 0 Å². The van der Waals surface area contributed by atoms with Crippen LogP contribution in [0.4, 0.5) is 4.39 Å². The van der Waals surface area contributed by atoms with Crippen LogP contribution in [0.1, 0.15) is 34.7 Å². The van der Waals surface area contributed by atoms with Gasteiger partial charge < -0.3 is 5.73 Å². The molecule has 4 nitrogen and oxygen atoms in total. The zero-order valence-electron chi connectivity index (χ0n) is 11.8. The first-order valence-corrected chi connectivity index (χ1v) is 7.22. The second kappa shape index (κ2) is 4.66. The molecule has 0 spiro atoms. The molecule has 22 heavy (non-hydrogen) atoms. The van der Waals surface area contributed by atoms with Crippen LogP contribution in [0.2, 0.25) is 0 Å². The van der Waals surface area contributed by atoms with E-state index in [-0.39, 0.29) is 5.82 Å². The fraction of sp³-hybridized carbons (Fsp3) is 0.176. The summed E-state index contributed by atoms with van der Waals surface area (Å²) in [6, 6.07) is 9.88. The van der Waals surface area contributed by atoms with Gasteiger partial charge in [0, 0.05) is 11.8 Å². The SMILES string of the molecule is NC(=O)c1c(-c2ccc(F)cc2)nn2cccc(C3CC3)c12.